The Kier molecular flexibility index (Phi) is 3.84. The molecule has 1 aromatic carbocycles. The summed E-state index contributed by atoms with van der Waals surface area (Å²) in [5.74, 6) is -1.58. The minimum absolute atomic E-state index is 0.0876. The average Bonchev–Trinajstić information content (AvgIpc) is 2.25. The van der Waals surface area contributed by atoms with Gasteiger partial charge in [0, 0.05) is 12.6 Å². The summed E-state index contributed by atoms with van der Waals surface area (Å²) in [5.41, 5.74) is -0.144. The predicted octanol–water partition coefficient (Wildman–Crippen LogP) is 1.52. The van der Waals surface area contributed by atoms with Crippen LogP contribution in [0.25, 0.3) is 0 Å². The standard InChI is InChI=1S/C11H11FN2O2/c1-2-14(6-5-13)11(16)9-4-3-8(15)7-10(9)12/h3-4,7,15H,2,6H2,1H3. The minimum atomic E-state index is -0.790. The molecule has 1 rings (SSSR count). The first-order chi connectivity index (χ1) is 7.60. The van der Waals surface area contributed by atoms with Crippen molar-refractivity contribution < 1.29 is 14.3 Å². The van der Waals surface area contributed by atoms with Gasteiger partial charge in [0.15, 0.2) is 0 Å². The molecule has 5 heteroatoms. The van der Waals surface area contributed by atoms with Crippen LogP contribution in [0.1, 0.15) is 17.3 Å². The van der Waals surface area contributed by atoms with Gasteiger partial charge in [-0.2, -0.15) is 5.26 Å². The summed E-state index contributed by atoms with van der Waals surface area (Å²) in [5, 5.41) is 17.5. The smallest absolute Gasteiger partial charge is 0.257 e. The molecule has 0 fully saturated rings. The van der Waals surface area contributed by atoms with E-state index in [9.17, 15) is 9.18 Å². The summed E-state index contributed by atoms with van der Waals surface area (Å²) < 4.78 is 13.3. The largest absolute Gasteiger partial charge is 0.508 e. The molecule has 0 aliphatic rings. The summed E-state index contributed by atoms with van der Waals surface area (Å²) in [7, 11) is 0. The lowest BCUT2D eigenvalue weighted by molar-refractivity contribution is 0.0779. The molecule has 0 aliphatic heterocycles. The van der Waals surface area contributed by atoms with Gasteiger partial charge in [-0.1, -0.05) is 0 Å². The topological polar surface area (TPSA) is 64.3 Å². The quantitative estimate of drug-likeness (QED) is 0.788. The molecular formula is C11H11FN2O2. The van der Waals surface area contributed by atoms with E-state index in [1.54, 1.807) is 6.92 Å². The van der Waals surface area contributed by atoms with Gasteiger partial charge in [-0.25, -0.2) is 4.39 Å². The number of nitrogens with zero attached hydrogens (tertiary/aromatic N) is 2. The van der Waals surface area contributed by atoms with Crippen molar-refractivity contribution in [3.8, 4) is 11.8 Å². The second-order valence-electron chi connectivity index (χ2n) is 3.14. The Morgan fingerprint density at radius 1 is 1.62 bits per heavy atom. The highest BCUT2D eigenvalue weighted by Gasteiger charge is 2.17. The van der Waals surface area contributed by atoms with Gasteiger partial charge in [-0.15, -0.1) is 0 Å². The van der Waals surface area contributed by atoms with Gasteiger partial charge in [0.05, 0.1) is 11.6 Å². The molecule has 4 nitrogen and oxygen atoms in total. The fraction of sp³-hybridized carbons (Fsp3) is 0.273. The van der Waals surface area contributed by atoms with E-state index < -0.39 is 11.7 Å². The summed E-state index contributed by atoms with van der Waals surface area (Å²) in [6, 6.07) is 5.14. The highest BCUT2D eigenvalue weighted by Crippen LogP contribution is 2.16. The van der Waals surface area contributed by atoms with Crippen molar-refractivity contribution in [3.63, 3.8) is 0 Å². The van der Waals surface area contributed by atoms with Crippen molar-refractivity contribution in [1.29, 1.82) is 5.26 Å². The lowest BCUT2D eigenvalue weighted by Crippen LogP contribution is -2.31. The van der Waals surface area contributed by atoms with Crippen LogP contribution in [-0.2, 0) is 0 Å². The average molecular weight is 222 g/mol. The van der Waals surface area contributed by atoms with Crippen LogP contribution in [0.2, 0.25) is 0 Å². The number of phenolic OH excluding ortho intramolecular Hbond substituents is 1. The number of nitriles is 1. The molecule has 0 atom stereocenters. The molecule has 1 N–H and O–H groups in total. The maximum atomic E-state index is 13.3. The molecule has 0 bridgehead atoms. The zero-order chi connectivity index (χ0) is 12.1. The van der Waals surface area contributed by atoms with Crippen molar-refractivity contribution >= 4 is 5.91 Å². The first-order valence-corrected chi connectivity index (χ1v) is 4.75. The lowest BCUT2D eigenvalue weighted by Gasteiger charge is -2.17. The van der Waals surface area contributed by atoms with Crippen LogP contribution >= 0.6 is 0 Å². The highest BCUT2D eigenvalue weighted by molar-refractivity contribution is 5.94. The fourth-order valence-corrected chi connectivity index (χ4v) is 1.26. The number of amides is 1. The molecule has 1 amide bonds. The number of hydrogen-bond acceptors (Lipinski definition) is 3. The maximum Gasteiger partial charge on any atom is 0.257 e. The van der Waals surface area contributed by atoms with Crippen molar-refractivity contribution in [2.24, 2.45) is 0 Å². The van der Waals surface area contributed by atoms with E-state index in [-0.39, 0.29) is 17.9 Å². The van der Waals surface area contributed by atoms with E-state index in [4.69, 9.17) is 10.4 Å². The van der Waals surface area contributed by atoms with E-state index in [0.29, 0.717) is 6.54 Å². The van der Waals surface area contributed by atoms with Crippen LogP contribution in [-0.4, -0.2) is 29.0 Å². The van der Waals surface area contributed by atoms with Crippen molar-refractivity contribution in [3.05, 3.63) is 29.6 Å². The number of rotatable bonds is 3. The normalized spacial score (nSPS) is 9.56. The third-order valence-electron chi connectivity index (χ3n) is 2.11. The molecule has 0 saturated carbocycles. The number of hydrogen-bond donors (Lipinski definition) is 1. The first-order valence-electron chi connectivity index (χ1n) is 4.75. The molecule has 0 heterocycles. The number of benzene rings is 1. The molecule has 0 saturated heterocycles. The van der Waals surface area contributed by atoms with Crippen LogP contribution in [0.15, 0.2) is 18.2 Å². The number of halogens is 1. The summed E-state index contributed by atoms with van der Waals surface area (Å²) >= 11 is 0. The van der Waals surface area contributed by atoms with Crippen LogP contribution in [0.4, 0.5) is 4.39 Å². The maximum absolute atomic E-state index is 13.3. The SMILES string of the molecule is CCN(CC#N)C(=O)c1ccc(O)cc1F. The molecule has 0 aliphatic carbocycles. The van der Waals surface area contributed by atoms with E-state index in [2.05, 4.69) is 0 Å². The van der Waals surface area contributed by atoms with Gasteiger partial charge >= 0.3 is 0 Å². The Morgan fingerprint density at radius 2 is 2.31 bits per heavy atom. The van der Waals surface area contributed by atoms with Crippen LogP contribution < -0.4 is 0 Å². The number of carbonyl (C=O) groups excluding carboxylic acids is 1. The van der Waals surface area contributed by atoms with E-state index >= 15 is 0 Å². The van der Waals surface area contributed by atoms with E-state index in [1.807, 2.05) is 6.07 Å². The third-order valence-corrected chi connectivity index (χ3v) is 2.11. The minimum Gasteiger partial charge on any atom is -0.508 e. The lowest BCUT2D eigenvalue weighted by atomic mass is 10.1. The van der Waals surface area contributed by atoms with Crippen LogP contribution in [0.5, 0.6) is 5.75 Å². The second-order valence-corrected chi connectivity index (χ2v) is 3.14. The van der Waals surface area contributed by atoms with Gasteiger partial charge in [-0.3, -0.25) is 4.79 Å². The van der Waals surface area contributed by atoms with Crippen molar-refractivity contribution in [1.82, 2.24) is 4.90 Å². The highest BCUT2D eigenvalue weighted by atomic mass is 19.1. The Labute approximate surface area is 92.5 Å². The van der Waals surface area contributed by atoms with E-state index in [0.717, 1.165) is 6.07 Å². The van der Waals surface area contributed by atoms with Gasteiger partial charge in [0.25, 0.3) is 5.91 Å². The molecule has 1 aromatic rings. The van der Waals surface area contributed by atoms with Crippen LogP contribution in [0, 0.1) is 17.1 Å². The summed E-state index contributed by atoms with van der Waals surface area (Å²) in [6.45, 7) is 1.94. The molecular weight excluding hydrogens is 211 g/mol. The van der Waals surface area contributed by atoms with Gasteiger partial charge in [0.1, 0.15) is 18.1 Å². The second kappa shape index (κ2) is 5.12. The Morgan fingerprint density at radius 3 is 2.81 bits per heavy atom. The number of carbonyl (C=O) groups is 1. The van der Waals surface area contributed by atoms with E-state index in [1.165, 1.54) is 17.0 Å². The molecule has 84 valence electrons. The summed E-state index contributed by atoms with van der Waals surface area (Å²) in [6.07, 6.45) is 0. The fourth-order valence-electron chi connectivity index (χ4n) is 1.26. The van der Waals surface area contributed by atoms with Gasteiger partial charge in [-0.05, 0) is 19.1 Å². The molecule has 0 spiro atoms. The molecule has 0 unspecified atom stereocenters. The Bertz CT molecular complexity index is 440. The van der Waals surface area contributed by atoms with Gasteiger partial charge in [0.2, 0.25) is 0 Å². The Hall–Kier alpha value is -2.09. The van der Waals surface area contributed by atoms with Crippen molar-refractivity contribution in [2.45, 2.75) is 6.92 Å². The number of phenols is 1. The third kappa shape index (κ3) is 2.48. The monoisotopic (exact) mass is 222 g/mol. The zero-order valence-electron chi connectivity index (χ0n) is 8.77. The first kappa shape index (κ1) is 12.0. The zero-order valence-corrected chi connectivity index (χ0v) is 8.77. The number of aromatic hydroxyl groups is 1. The predicted molar refractivity (Wildman–Crippen MR) is 55.3 cm³/mol. The molecule has 16 heavy (non-hydrogen) atoms. The van der Waals surface area contributed by atoms with Crippen LogP contribution in [0.3, 0.4) is 0 Å². The molecule has 0 aromatic heterocycles. The Balaban J connectivity index is 3.00. The molecule has 0 radical (unpaired) electrons. The van der Waals surface area contributed by atoms with Crippen molar-refractivity contribution in [2.75, 3.05) is 13.1 Å². The van der Waals surface area contributed by atoms with Gasteiger partial charge < -0.3 is 10.0 Å². The summed E-state index contributed by atoms with van der Waals surface area (Å²) in [4.78, 5) is 13.0.